The van der Waals surface area contributed by atoms with E-state index in [0.29, 0.717) is 5.57 Å². The molecule has 1 unspecified atom stereocenters. The molecule has 0 radical (unpaired) electrons. The average Bonchev–Trinajstić information content (AvgIpc) is 2.41. The van der Waals surface area contributed by atoms with Crippen molar-refractivity contribution in [1.82, 2.24) is 5.32 Å². The quantitative estimate of drug-likeness (QED) is 0.666. The van der Waals surface area contributed by atoms with Crippen LogP contribution in [0.2, 0.25) is 0 Å². The molecule has 3 nitrogen and oxygen atoms in total. The lowest BCUT2D eigenvalue weighted by atomic mass is 9.92. The molecule has 0 aromatic heterocycles. The van der Waals surface area contributed by atoms with Crippen molar-refractivity contribution in [2.45, 2.75) is 33.1 Å². The third-order valence-electron chi connectivity index (χ3n) is 2.36. The summed E-state index contributed by atoms with van der Waals surface area (Å²) in [6.45, 7) is 4.12. The van der Waals surface area contributed by atoms with Crippen LogP contribution in [0.3, 0.4) is 0 Å². The van der Waals surface area contributed by atoms with Gasteiger partial charge in [-0.1, -0.05) is 20.3 Å². The van der Waals surface area contributed by atoms with Gasteiger partial charge in [0.2, 0.25) is 0 Å². The van der Waals surface area contributed by atoms with Crippen molar-refractivity contribution < 1.29 is 9.59 Å². The molecule has 2 amide bonds. The molecule has 0 saturated carbocycles. The van der Waals surface area contributed by atoms with E-state index in [1.54, 1.807) is 0 Å². The lowest BCUT2D eigenvalue weighted by Crippen LogP contribution is -2.24. The summed E-state index contributed by atoms with van der Waals surface area (Å²) in [5, 5.41) is 2.27. The van der Waals surface area contributed by atoms with E-state index in [1.165, 1.54) is 6.08 Å². The molecule has 3 heteroatoms. The first-order chi connectivity index (χ1) is 6.19. The molecular formula is C10H15NO2. The number of carbonyl (C=O) groups excluding carboxylic acids is 2. The van der Waals surface area contributed by atoms with Crippen molar-refractivity contribution in [2.75, 3.05) is 0 Å². The van der Waals surface area contributed by atoms with Gasteiger partial charge in [-0.15, -0.1) is 0 Å². The van der Waals surface area contributed by atoms with E-state index in [4.69, 9.17) is 0 Å². The van der Waals surface area contributed by atoms with E-state index in [0.717, 1.165) is 19.3 Å². The second kappa shape index (κ2) is 4.21. The summed E-state index contributed by atoms with van der Waals surface area (Å²) >= 11 is 0. The van der Waals surface area contributed by atoms with Crippen molar-refractivity contribution in [3.63, 3.8) is 0 Å². The van der Waals surface area contributed by atoms with Crippen molar-refractivity contribution in [1.29, 1.82) is 0 Å². The first kappa shape index (κ1) is 9.96. The fourth-order valence-corrected chi connectivity index (χ4v) is 1.66. The van der Waals surface area contributed by atoms with E-state index in [1.807, 2.05) is 6.92 Å². The van der Waals surface area contributed by atoms with Crippen molar-refractivity contribution in [3.05, 3.63) is 11.6 Å². The maximum atomic E-state index is 11.3. The number of nitrogens with one attached hydrogen (secondary N) is 1. The van der Waals surface area contributed by atoms with Crippen molar-refractivity contribution in [3.8, 4) is 0 Å². The number of hydrogen-bond acceptors (Lipinski definition) is 2. The molecule has 0 aromatic carbocycles. The monoisotopic (exact) mass is 181 g/mol. The van der Waals surface area contributed by atoms with E-state index in [2.05, 4.69) is 12.2 Å². The Morgan fingerprint density at radius 1 is 1.38 bits per heavy atom. The van der Waals surface area contributed by atoms with Gasteiger partial charge >= 0.3 is 0 Å². The Balaban J connectivity index is 2.73. The Morgan fingerprint density at radius 2 is 2.08 bits per heavy atom. The van der Waals surface area contributed by atoms with Crippen LogP contribution in [0.4, 0.5) is 0 Å². The number of carbonyl (C=O) groups is 2. The zero-order valence-corrected chi connectivity index (χ0v) is 8.09. The predicted molar refractivity (Wildman–Crippen MR) is 49.9 cm³/mol. The van der Waals surface area contributed by atoms with Crippen molar-refractivity contribution >= 4 is 11.8 Å². The fraction of sp³-hybridized carbons (Fsp3) is 0.600. The average molecular weight is 181 g/mol. The Labute approximate surface area is 78.2 Å². The van der Waals surface area contributed by atoms with Gasteiger partial charge in [0.25, 0.3) is 11.8 Å². The molecule has 72 valence electrons. The van der Waals surface area contributed by atoms with Gasteiger partial charge in [-0.25, -0.2) is 0 Å². The summed E-state index contributed by atoms with van der Waals surface area (Å²) < 4.78 is 0. The molecule has 1 aliphatic heterocycles. The van der Waals surface area contributed by atoms with Crippen LogP contribution in [0.15, 0.2) is 11.6 Å². The molecule has 1 heterocycles. The Bertz CT molecular complexity index is 256. The minimum absolute atomic E-state index is 0.203. The zero-order chi connectivity index (χ0) is 9.84. The van der Waals surface area contributed by atoms with Crippen LogP contribution in [0.1, 0.15) is 33.1 Å². The third-order valence-corrected chi connectivity index (χ3v) is 2.36. The van der Waals surface area contributed by atoms with Gasteiger partial charge in [-0.05, 0) is 18.8 Å². The van der Waals surface area contributed by atoms with Crippen LogP contribution in [0.25, 0.3) is 0 Å². The molecule has 0 bridgehead atoms. The molecule has 0 aromatic rings. The summed E-state index contributed by atoms with van der Waals surface area (Å²) in [6.07, 6.45) is 4.37. The van der Waals surface area contributed by atoms with E-state index in [-0.39, 0.29) is 17.7 Å². The number of amides is 2. The van der Waals surface area contributed by atoms with Crippen LogP contribution < -0.4 is 5.32 Å². The lowest BCUT2D eigenvalue weighted by molar-refractivity contribution is -0.124. The number of hydrogen-bond donors (Lipinski definition) is 1. The second-order valence-corrected chi connectivity index (χ2v) is 3.31. The SMILES string of the molecule is CCCC(CC)C1=CC(=O)NC1=O. The number of rotatable bonds is 4. The fourth-order valence-electron chi connectivity index (χ4n) is 1.66. The number of imide groups is 1. The minimum atomic E-state index is -0.269. The second-order valence-electron chi connectivity index (χ2n) is 3.31. The molecule has 0 saturated heterocycles. The molecule has 1 aliphatic rings. The first-order valence-corrected chi connectivity index (χ1v) is 4.75. The van der Waals surface area contributed by atoms with Gasteiger partial charge in [0.05, 0.1) is 0 Å². The predicted octanol–water partition coefficient (Wildman–Crippen LogP) is 1.40. The van der Waals surface area contributed by atoms with E-state index < -0.39 is 0 Å². The Morgan fingerprint density at radius 3 is 2.46 bits per heavy atom. The Kier molecular flexibility index (Phi) is 3.23. The van der Waals surface area contributed by atoms with Crippen LogP contribution in [0, 0.1) is 5.92 Å². The normalized spacial score (nSPS) is 18.5. The van der Waals surface area contributed by atoms with E-state index >= 15 is 0 Å². The summed E-state index contributed by atoms with van der Waals surface area (Å²) in [7, 11) is 0. The minimum Gasteiger partial charge on any atom is -0.289 e. The van der Waals surface area contributed by atoms with Gasteiger partial charge < -0.3 is 0 Å². The van der Waals surface area contributed by atoms with Gasteiger partial charge in [0, 0.05) is 11.6 Å². The van der Waals surface area contributed by atoms with Crippen LogP contribution in [-0.4, -0.2) is 11.8 Å². The van der Waals surface area contributed by atoms with Gasteiger partial charge in [-0.3, -0.25) is 14.9 Å². The molecular weight excluding hydrogens is 166 g/mol. The maximum Gasteiger partial charge on any atom is 0.254 e. The summed E-state index contributed by atoms with van der Waals surface area (Å²) in [5.74, 6) is -0.226. The molecule has 0 spiro atoms. The first-order valence-electron chi connectivity index (χ1n) is 4.75. The van der Waals surface area contributed by atoms with Crippen LogP contribution in [0.5, 0.6) is 0 Å². The maximum absolute atomic E-state index is 11.3. The lowest BCUT2D eigenvalue weighted by Gasteiger charge is -2.12. The molecule has 0 fully saturated rings. The summed E-state index contributed by atoms with van der Waals surface area (Å²) in [5.41, 5.74) is 0.661. The topological polar surface area (TPSA) is 46.2 Å². The summed E-state index contributed by atoms with van der Waals surface area (Å²) in [6, 6.07) is 0. The standard InChI is InChI=1S/C10H15NO2/c1-3-5-7(4-2)8-6-9(12)11-10(8)13/h6-7H,3-5H2,1-2H3,(H,11,12,13). The molecule has 13 heavy (non-hydrogen) atoms. The van der Waals surface area contributed by atoms with Gasteiger partial charge in [0.15, 0.2) is 0 Å². The third kappa shape index (κ3) is 2.17. The van der Waals surface area contributed by atoms with E-state index in [9.17, 15) is 9.59 Å². The van der Waals surface area contributed by atoms with Gasteiger partial charge in [-0.2, -0.15) is 0 Å². The molecule has 1 atom stereocenters. The molecule has 1 rings (SSSR count). The van der Waals surface area contributed by atoms with Crippen molar-refractivity contribution in [2.24, 2.45) is 5.92 Å². The highest BCUT2D eigenvalue weighted by Gasteiger charge is 2.26. The van der Waals surface area contributed by atoms with Gasteiger partial charge in [0.1, 0.15) is 0 Å². The molecule has 0 aliphatic carbocycles. The Hall–Kier alpha value is -1.12. The zero-order valence-electron chi connectivity index (χ0n) is 8.09. The summed E-state index contributed by atoms with van der Waals surface area (Å²) in [4.78, 5) is 22.1. The highest BCUT2D eigenvalue weighted by Crippen LogP contribution is 2.22. The van der Waals surface area contributed by atoms with Crippen LogP contribution in [-0.2, 0) is 9.59 Å². The van der Waals surface area contributed by atoms with Crippen LogP contribution >= 0.6 is 0 Å². The molecule has 1 N–H and O–H groups in total. The largest absolute Gasteiger partial charge is 0.289 e. The highest BCUT2D eigenvalue weighted by atomic mass is 16.2. The smallest absolute Gasteiger partial charge is 0.254 e. The highest BCUT2D eigenvalue weighted by molar-refractivity contribution is 6.16.